The summed E-state index contributed by atoms with van der Waals surface area (Å²) in [5.41, 5.74) is 9.82. The van der Waals surface area contributed by atoms with Crippen molar-refractivity contribution in [3.8, 4) is 11.4 Å². The first-order valence-corrected chi connectivity index (χ1v) is 10.6. The van der Waals surface area contributed by atoms with E-state index in [1.54, 1.807) is 13.3 Å². The normalized spacial score (nSPS) is 11.3. The number of carbonyl (C=O) groups excluding carboxylic acids is 1. The monoisotopic (exact) mass is 425 g/mol. The van der Waals surface area contributed by atoms with Crippen molar-refractivity contribution in [2.45, 2.75) is 27.7 Å². The molecular weight excluding hydrogens is 398 g/mol. The van der Waals surface area contributed by atoms with Crippen LogP contribution in [0.3, 0.4) is 0 Å². The Hall–Kier alpha value is -3.86. The van der Waals surface area contributed by atoms with Gasteiger partial charge in [0.05, 0.1) is 18.9 Å². The van der Waals surface area contributed by atoms with Crippen LogP contribution in [0.25, 0.3) is 16.5 Å². The van der Waals surface area contributed by atoms with Gasteiger partial charge in [-0.05, 0) is 68.3 Å². The number of benzene rings is 3. The van der Waals surface area contributed by atoms with E-state index in [0.29, 0.717) is 11.3 Å². The van der Waals surface area contributed by atoms with E-state index in [1.165, 1.54) is 11.1 Å². The van der Waals surface area contributed by atoms with Crippen LogP contribution in [0.5, 0.6) is 5.75 Å². The van der Waals surface area contributed by atoms with Gasteiger partial charge in [-0.25, -0.2) is 5.43 Å². The van der Waals surface area contributed by atoms with E-state index >= 15 is 0 Å². The van der Waals surface area contributed by atoms with Crippen molar-refractivity contribution < 1.29 is 9.53 Å². The molecule has 1 amide bonds. The molecule has 1 N–H and O–H groups in total. The maximum atomic E-state index is 12.8. The van der Waals surface area contributed by atoms with Crippen LogP contribution in [-0.4, -0.2) is 23.8 Å². The van der Waals surface area contributed by atoms with Crippen LogP contribution in [0.15, 0.2) is 65.8 Å². The second-order valence-electron chi connectivity index (χ2n) is 8.05. The summed E-state index contributed by atoms with van der Waals surface area (Å²) in [5, 5.41) is 6.21. The number of amides is 1. The summed E-state index contributed by atoms with van der Waals surface area (Å²) in [6.45, 7) is 8.34. The minimum atomic E-state index is -0.313. The first-order chi connectivity index (χ1) is 15.4. The zero-order valence-electron chi connectivity index (χ0n) is 19.1. The zero-order valence-corrected chi connectivity index (χ0v) is 19.1. The fourth-order valence-corrected chi connectivity index (χ4v) is 4.13. The van der Waals surface area contributed by atoms with Gasteiger partial charge in [-0.15, -0.1) is 0 Å². The Morgan fingerprint density at radius 1 is 0.969 bits per heavy atom. The Morgan fingerprint density at radius 2 is 1.69 bits per heavy atom. The Kier molecular flexibility index (Phi) is 5.82. The number of carbonyl (C=O) groups is 1. The number of hydrogen-bond acceptors (Lipinski definition) is 3. The lowest BCUT2D eigenvalue weighted by atomic mass is 10.1. The van der Waals surface area contributed by atoms with Gasteiger partial charge in [0.15, 0.2) is 0 Å². The topological polar surface area (TPSA) is 55.6 Å². The number of hydrazone groups is 1. The molecule has 0 spiro atoms. The minimum Gasteiger partial charge on any atom is -0.496 e. The molecule has 0 bridgehead atoms. The summed E-state index contributed by atoms with van der Waals surface area (Å²) in [7, 11) is 1.56. The Morgan fingerprint density at radius 3 is 2.38 bits per heavy atom. The molecule has 32 heavy (non-hydrogen) atoms. The molecule has 4 aromatic rings. The van der Waals surface area contributed by atoms with Crippen LogP contribution in [0.1, 0.15) is 38.4 Å². The van der Waals surface area contributed by atoms with E-state index in [-0.39, 0.29) is 5.91 Å². The van der Waals surface area contributed by atoms with Crippen LogP contribution >= 0.6 is 0 Å². The quantitative estimate of drug-likeness (QED) is 0.332. The molecule has 0 aliphatic carbocycles. The molecular formula is C27H27N3O2. The summed E-state index contributed by atoms with van der Waals surface area (Å²) < 4.78 is 7.64. The minimum absolute atomic E-state index is 0.313. The second-order valence-corrected chi connectivity index (χ2v) is 8.05. The highest BCUT2D eigenvalue weighted by atomic mass is 16.5. The van der Waals surface area contributed by atoms with Crippen molar-refractivity contribution in [1.82, 2.24) is 9.99 Å². The lowest BCUT2D eigenvalue weighted by molar-refractivity contribution is 0.0952. The van der Waals surface area contributed by atoms with Crippen LogP contribution < -0.4 is 10.2 Å². The van der Waals surface area contributed by atoms with Crippen molar-refractivity contribution in [3.05, 3.63) is 94.3 Å². The number of rotatable bonds is 5. The molecule has 3 aromatic carbocycles. The molecule has 0 fully saturated rings. The molecule has 1 heterocycles. The highest BCUT2D eigenvalue weighted by Gasteiger charge is 2.14. The van der Waals surface area contributed by atoms with E-state index in [2.05, 4.69) is 67.1 Å². The van der Waals surface area contributed by atoms with Gasteiger partial charge in [-0.2, -0.15) is 5.10 Å². The van der Waals surface area contributed by atoms with Crippen LogP contribution in [0.2, 0.25) is 0 Å². The molecule has 0 radical (unpaired) electrons. The summed E-state index contributed by atoms with van der Waals surface area (Å²) in [5.74, 6) is 0.205. The van der Waals surface area contributed by atoms with Gasteiger partial charge >= 0.3 is 0 Å². The van der Waals surface area contributed by atoms with Gasteiger partial charge in [0.1, 0.15) is 5.75 Å². The molecule has 0 aliphatic rings. The Balaban J connectivity index is 1.59. The van der Waals surface area contributed by atoms with Crippen molar-refractivity contribution in [3.63, 3.8) is 0 Å². The van der Waals surface area contributed by atoms with E-state index in [1.807, 2.05) is 36.4 Å². The van der Waals surface area contributed by atoms with E-state index in [4.69, 9.17) is 4.74 Å². The van der Waals surface area contributed by atoms with Crippen molar-refractivity contribution in [1.29, 1.82) is 0 Å². The van der Waals surface area contributed by atoms with E-state index < -0.39 is 0 Å². The number of aryl methyl sites for hydroxylation is 3. The van der Waals surface area contributed by atoms with Crippen molar-refractivity contribution in [2.24, 2.45) is 5.10 Å². The van der Waals surface area contributed by atoms with E-state index in [9.17, 15) is 4.79 Å². The number of methoxy groups -OCH3 is 1. The molecule has 1 aromatic heterocycles. The second kappa shape index (κ2) is 8.71. The highest BCUT2D eigenvalue weighted by molar-refractivity contribution is 6.02. The molecule has 0 unspecified atom stereocenters. The smallest absolute Gasteiger partial charge is 0.275 e. The van der Waals surface area contributed by atoms with Crippen LogP contribution in [0, 0.1) is 27.7 Å². The maximum Gasteiger partial charge on any atom is 0.275 e. The number of hydrogen-bond donors (Lipinski definition) is 1. The predicted octanol–water partition coefficient (Wildman–Crippen LogP) is 5.64. The standard InChI is InChI=1S/C27H27N3O2/c1-17-10-11-25(18(2)12-17)30-19(3)13-23(20(30)4)16-28-29-27(31)24-14-21-8-6-7-9-22(21)15-26(24)32-5/h6-16H,1-5H3,(H,29,31). The number of aromatic nitrogens is 1. The molecule has 162 valence electrons. The van der Waals surface area contributed by atoms with Gasteiger partial charge in [-0.1, -0.05) is 42.0 Å². The van der Waals surface area contributed by atoms with Crippen LogP contribution in [0.4, 0.5) is 0 Å². The third-order valence-corrected chi connectivity index (χ3v) is 5.75. The molecule has 5 nitrogen and oxygen atoms in total. The lowest BCUT2D eigenvalue weighted by Crippen LogP contribution is -2.18. The van der Waals surface area contributed by atoms with Gasteiger partial charge in [0, 0.05) is 22.6 Å². The predicted molar refractivity (Wildman–Crippen MR) is 130 cm³/mol. The summed E-state index contributed by atoms with van der Waals surface area (Å²) in [6.07, 6.45) is 1.69. The number of nitrogens with one attached hydrogen (secondary N) is 1. The van der Waals surface area contributed by atoms with Crippen LogP contribution in [-0.2, 0) is 0 Å². The Bertz CT molecular complexity index is 1350. The van der Waals surface area contributed by atoms with Gasteiger partial charge in [0.2, 0.25) is 0 Å². The van der Waals surface area contributed by atoms with E-state index in [0.717, 1.165) is 33.4 Å². The van der Waals surface area contributed by atoms with Gasteiger partial charge in [0.25, 0.3) is 5.91 Å². The Labute approximate surface area is 188 Å². The average molecular weight is 426 g/mol. The number of ether oxygens (including phenoxy) is 1. The highest BCUT2D eigenvalue weighted by Crippen LogP contribution is 2.26. The van der Waals surface area contributed by atoms with Crippen molar-refractivity contribution >= 4 is 22.9 Å². The largest absolute Gasteiger partial charge is 0.496 e. The van der Waals surface area contributed by atoms with Crippen molar-refractivity contribution in [2.75, 3.05) is 7.11 Å². The molecule has 0 aliphatic heterocycles. The molecule has 4 rings (SSSR count). The average Bonchev–Trinajstić information content (AvgIpc) is 3.06. The maximum absolute atomic E-state index is 12.8. The zero-order chi connectivity index (χ0) is 22.8. The molecule has 0 saturated carbocycles. The lowest BCUT2D eigenvalue weighted by Gasteiger charge is -2.13. The summed E-state index contributed by atoms with van der Waals surface area (Å²) >= 11 is 0. The third-order valence-electron chi connectivity index (χ3n) is 5.75. The van der Waals surface area contributed by atoms with Gasteiger partial charge in [-0.3, -0.25) is 4.79 Å². The fraction of sp³-hybridized carbons (Fsp3) is 0.185. The first-order valence-electron chi connectivity index (χ1n) is 10.6. The summed E-state index contributed by atoms with van der Waals surface area (Å²) in [6, 6.07) is 20.1. The SMILES string of the molecule is COc1cc2ccccc2cc1C(=O)NN=Cc1cc(C)n(-c2ccc(C)cc2C)c1C. The first kappa shape index (κ1) is 21.4. The molecule has 5 heteroatoms. The summed E-state index contributed by atoms with van der Waals surface area (Å²) in [4.78, 5) is 12.8. The number of nitrogens with zero attached hydrogens (tertiary/aromatic N) is 2. The number of fused-ring (bicyclic) bond motifs is 1. The third kappa shape index (κ3) is 4.02. The fourth-order valence-electron chi connectivity index (χ4n) is 4.13. The molecule has 0 atom stereocenters. The van der Waals surface area contributed by atoms with Gasteiger partial charge < -0.3 is 9.30 Å². The molecule has 0 saturated heterocycles.